The summed E-state index contributed by atoms with van der Waals surface area (Å²) in [5.41, 5.74) is -0.535. The van der Waals surface area contributed by atoms with E-state index in [1.807, 2.05) is 25.7 Å². The molecule has 2 aliphatic heterocycles. The van der Waals surface area contributed by atoms with E-state index >= 15 is 0 Å². The van der Waals surface area contributed by atoms with Crippen LogP contribution in [0.25, 0.3) is 0 Å². The third kappa shape index (κ3) is 7.49. The second-order valence-electron chi connectivity index (χ2n) is 7.58. The van der Waals surface area contributed by atoms with E-state index in [-0.39, 0.29) is 17.8 Å². The molecule has 0 aromatic heterocycles. The van der Waals surface area contributed by atoms with E-state index in [9.17, 15) is 4.79 Å². The Balaban J connectivity index is 0.000000648. The molecule has 0 bridgehead atoms. The summed E-state index contributed by atoms with van der Waals surface area (Å²) in [6, 6.07) is 0. The number of carbonyl (C=O) groups excluding carboxylic acids is 1. The molecule has 0 aromatic rings. The molecule has 0 unspecified atom stereocenters. The Hall–Kier alpha value is -1.34. The number of hydrogen-bond acceptors (Lipinski definition) is 5. The molecule has 0 saturated carbocycles. The maximum absolute atomic E-state index is 12.1. The molecule has 2 fully saturated rings. The number of carbonyl (C=O) groups is 2. The van der Waals surface area contributed by atoms with E-state index in [1.54, 1.807) is 0 Å². The summed E-state index contributed by atoms with van der Waals surface area (Å²) < 4.78 is 11.6. The molecule has 0 aliphatic carbocycles. The van der Waals surface area contributed by atoms with Crippen LogP contribution >= 0.6 is 0 Å². The predicted octanol–water partition coefficient (Wildman–Crippen LogP) is 2.25. The van der Waals surface area contributed by atoms with Crippen LogP contribution in [0.1, 0.15) is 53.9 Å². The number of carboxylic acid groups (broad SMARTS) is 1. The van der Waals surface area contributed by atoms with Crippen molar-refractivity contribution in [2.24, 2.45) is 0 Å². The molecule has 1 amide bonds. The zero-order valence-electron chi connectivity index (χ0n) is 15.6. The Morgan fingerprint density at radius 2 is 1.92 bits per heavy atom. The van der Waals surface area contributed by atoms with Gasteiger partial charge in [0.05, 0.1) is 11.7 Å². The number of aliphatic carboxylic acids is 1. The van der Waals surface area contributed by atoms with Crippen molar-refractivity contribution in [1.82, 2.24) is 10.2 Å². The molecule has 2 atom stereocenters. The number of rotatable bonds is 0. The summed E-state index contributed by atoms with van der Waals surface area (Å²) in [6.45, 7) is 12.2. The zero-order chi connectivity index (χ0) is 18.4. The van der Waals surface area contributed by atoms with Gasteiger partial charge in [0.1, 0.15) is 5.60 Å². The first-order valence-electron chi connectivity index (χ1n) is 8.59. The average molecular weight is 344 g/mol. The minimum atomic E-state index is -0.833. The van der Waals surface area contributed by atoms with Gasteiger partial charge in [-0.3, -0.25) is 4.79 Å². The quantitative estimate of drug-likeness (QED) is 0.701. The smallest absolute Gasteiger partial charge is 0.410 e. The van der Waals surface area contributed by atoms with Gasteiger partial charge in [-0.05, 0) is 47.0 Å². The number of hydrogen-bond donors (Lipinski definition) is 2. The van der Waals surface area contributed by atoms with E-state index in [0.717, 1.165) is 45.8 Å². The SMILES string of the molecule is CC(=O)O.C[C@@H]1CNC[C@]2(CCCN(C(=O)OC(C)(C)C)CC2)O1. The van der Waals surface area contributed by atoms with Gasteiger partial charge in [0, 0.05) is 33.1 Å². The number of morpholine rings is 1. The first-order valence-corrected chi connectivity index (χ1v) is 8.59. The third-order valence-corrected chi connectivity index (χ3v) is 3.88. The van der Waals surface area contributed by atoms with Crippen molar-refractivity contribution >= 4 is 12.1 Å². The Labute approximate surface area is 144 Å². The van der Waals surface area contributed by atoms with Crippen LogP contribution in [0.15, 0.2) is 0 Å². The van der Waals surface area contributed by atoms with Crippen LogP contribution in [-0.2, 0) is 14.3 Å². The molecule has 7 nitrogen and oxygen atoms in total. The predicted molar refractivity (Wildman–Crippen MR) is 91.1 cm³/mol. The van der Waals surface area contributed by atoms with E-state index in [2.05, 4.69) is 12.2 Å². The second-order valence-corrected chi connectivity index (χ2v) is 7.58. The van der Waals surface area contributed by atoms with E-state index < -0.39 is 11.6 Å². The lowest BCUT2D eigenvalue weighted by Gasteiger charge is -2.40. The van der Waals surface area contributed by atoms with Crippen LogP contribution in [0.4, 0.5) is 4.79 Å². The number of ether oxygens (including phenoxy) is 2. The van der Waals surface area contributed by atoms with Crippen molar-refractivity contribution in [2.75, 3.05) is 26.2 Å². The van der Waals surface area contributed by atoms with Crippen molar-refractivity contribution in [3.05, 3.63) is 0 Å². The Morgan fingerprint density at radius 3 is 2.46 bits per heavy atom. The van der Waals surface area contributed by atoms with E-state index in [0.29, 0.717) is 6.54 Å². The molecule has 0 radical (unpaired) electrons. The van der Waals surface area contributed by atoms with Crippen LogP contribution in [0.5, 0.6) is 0 Å². The lowest BCUT2D eigenvalue weighted by Crippen LogP contribution is -2.53. The van der Waals surface area contributed by atoms with Crippen LogP contribution < -0.4 is 5.32 Å². The highest BCUT2D eigenvalue weighted by molar-refractivity contribution is 5.68. The second kappa shape index (κ2) is 8.67. The summed E-state index contributed by atoms with van der Waals surface area (Å²) >= 11 is 0. The van der Waals surface area contributed by atoms with Crippen molar-refractivity contribution in [3.8, 4) is 0 Å². The lowest BCUT2D eigenvalue weighted by molar-refractivity contribution is -0.134. The molecular formula is C17H32N2O5. The van der Waals surface area contributed by atoms with Gasteiger partial charge in [0.15, 0.2) is 0 Å². The van der Waals surface area contributed by atoms with Crippen molar-refractivity contribution in [2.45, 2.75) is 71.2 Å². The average Bonchev–Trinajstić information content (AvgIpc) is 2.59. The van der Waals surface area contributed by atoms with Gasteiger partial charge in [-0.1, -0.05) is 0 Å². The molecule has 1 spiro atoms. The highest BCUT2D eigenvalue weighted by Crippen LogP contribution is 2.29. The van der Waals surface area contributed by atoms with E-state index in [4.69, 9.17) is 19.4 Å². The van der Waals surface area contributed by atoms with Crippen LogP contribution in [0.2, 0.25) is 0 Å². The maximum Gasteiger partial charge on any atom is 0.410 e. The van der Waals surface area contributed by atoms with Crippen LogP contribution in [-0.4, -0.2) is 65.6 Å². The van der Waals surface area contributed by atoms with E-state index in [1.165, 1.54) is 0 Å². The Bertz CT molecular complexity index is 431. The Kier molecular flexibility index (Phi) is 7.48. The molecule has 0 aromatic carbocycles. The van der Waals surface area contributed by atoms with Gasteiger partial charge >= 0.3 is 6.09 Å². The molecule has 2 saturated heterocycles. The highest BCUT2D eigenvalue weighted by Gasteiger charge is 2.38. The van der Waals surface area contributed by atoms with Crippen molar-refractivity contribution in [1.29, 1.82) is 0 Å². The molecule has 2 aliphatic rings. The van der Waals surface area contributed by atoms with Gasteiger partial charge in [0.25, 0.3) is 5.97 Å². The standard InChI is InChI=1S/C15H28N2O3.C2H4O2/c1-12-10-16-11-15(19-12)6-5-8-17(9-7-15)13(18)20-14(2,3)4;1-2(3)4/h12,16H,5-11H2,1-4H3;1H3,(H,3,4)/t12-,15-;/m1./s1. The molecule has 2 N–H and O–H groups in total. The number of carboxylic acids is 1. The zero-order valence-corrected chi connectivity index (χ0v) is 15.6. The minimum Gasteiger partial charge on any atom is -0.481 e. The number of amides is 1. The minimum absolute atomic E-state index is 0.103. The van der Waals surface area contributed by atoms with Crippen LogP contribution in [0, 0.1) is 0 Å². The fourth-order valence-corrected chi connectivity index (χ4v) is 2.98. The topological polar surface area (TPSA) is 88.1 Å². The van der Waals surface area contributed by atoms with Crippen molar-refractivity contribution in [3.63, 3.8) is 0 Å². The van der Waals surface area contributed by atoms with Crippen molar-refractivity contribution < 1.29 is 24.2 Å². The summed E-state index contributed by atoms with van der Waals surface area (Å²) in [7, 11) is 0. The molecule has 140 valence electrons. The van der Waals surface area contributed by atoms with Gasteiger partial charge < -0.3 is 24.8 Å². The first-order chi connectivity index (χ1) is 11.0. The van der Waals surface area contributed by atoms with Crippen LogP contribution in [0.3, 0.4) is 0 Å². The number of nitrogens with one attached hydrogen (secondary N) is 1. The lowest BCUT2D eigenvalue weighted by atomic mass is 9.92. The summed E-state index contributed by atoms with van der Waals surface area (Å²) in [6.07, 6.45) is 2.89. The monoisotopic (exact) mass is 344 g/mol. The third-order valence-electron chi connectivity index (χ3n) is 3.88. The first kappa shape index (κ1) is 20.7. The normalized spacial score (nSPS) is 27.7. The molecule has 2 heterocycles. The maximum atomic E-state index is 12.1. The number of nitrogens with zero attached hydrogens (tertiary/aromatic N) is 1. The fraction of sp³-hybridized carbons (Fsp3) is 0.882. The summed E-state index contributed by atoms with van der Waals surface area (Å²) in [4.78, 5) is 23.0. The number of likely N-dealkylation sites (tertiary alicyclic amines) is 1. The van der Waals surface area contributed by atoms with Gasteiger partial charge in [-0.15, -0.1) is 0 Å². The summed E-state index contributed by atoms with van der Waals surface area (Å²) in [5, 5.41) is 10.9. The van der Waals surface area contributed by atoms with Gasteiger partial charge in [-0.25, -0.2) is 4.79 Å². The largest absolute Gasteiger partial charge is 0.481 e. The van der Waals surface area contributed by atoms with Gasteiger partial charge in [0.2, 0.25) is 0 Å². The molecular weight excluding hydrogens is 312 g/mol. The highest BCUT2D eigenvalue weighted by atomic mass is 16.6. The molecule has 7 heteroatoms. The summed E-state index contributed by atoms with van der Waals surface area (Å²) in [5.74, 6) is -0.833. The molecule has 2 rings (SSSR count). The van der Waals surface area contributed by atoms with Gasteiger partial charge in [-0.2, -0.15) is 0 Å². The fourth-order valence-electron chi connectivity index (χ4n) is 2.98. The Morgan fingerprint density at radius 1 is 1.29 bits per heavy atom. The molecule has 24 heavy (non-hydrogen) atoms.